The third kappa shape index (κ3) is 6.81. The van der Waals surface area contributed by atoms with Crippen molar-refractivity contribution in [3.05, 3.63) is 71.4 Å². The Morgan fingerprint density at radius 3 is 2.43 bits per heavy atom. The van der Waals surface area contributed by atoms with E-state index in [9.17, 15) is 4.79 Å². The minimum atomic E-state index is -0.294. The van der Waals surface area contributed by atoms with Gasteiger partial charge in [0.15, 0.2) is 0 Å². The van der Waals surface area contributed by atoms with E-state index in [1.54, 1.807) is 4.90 Å². The van der Waals surface area contributed by atoms with Gasteiger partial charge >= 0.3 is 6.03 Å². The van der Waals surface area contributed by atoms with Crippen LogP contribution in [0.3, 0.4) is 0 Å². The molecule has 1 unspecified atom stereocenters. The summed E-state index contributed by atoms with van der Waals surface area (Å²) >= 11 is 0. The Morgan fingerprint density at radius 2 is 1.73 bits per heavy atom. The Bertz CT molecular complexity index is 1150. The van der Waals surface area contributed by atoms with Gasteiger partial charge in [-0.1, -0.05) is 67.3 Å². The number of fused-ring (bicyclic) bond motifs is 1. The van der Waals surface area contributed by atoms with E-state index in [1.807, 2.05) is 0 Å². The zero-order valence-electron chi connectivity index (χ0n) is 21.9. The molecule has 3 N–H and O–H groups in total. The van der Waals surface area contributed by atoms with Crippen LogP contribution in [0.25, 0.3) is 10.9 Å². The second-order valence-corrected chi connectivity index (χ2v) is 10.6. The number of likely N-dealkylation sites (tertiary alicyclic amines) is 1. The van der Waals surface area contributed by atoms with Crippen LogP contribution in [0.5, 0.6) is 0 Å². The molecule has 1 saturated carbocycles. The molecule has 3 aromatic rings. The molecule has 37 heavy (non-hydrogen) atoms. The Hall–Kier alpha value is -2.21. The zero-order chi connectivity index (χ0) is 24.2. The van der Waals surface area contributed by atoms with Crippen LogP contribution in [0.4, 0.5) is 4.79 Å². The number of aromatic nitrogens is 1. The predicted octanol–water partition coefficient (Wildman–Crippen LogP) is 6.95. The van der Waals surface area contributed by atoms with E-state index in [4.69, 9.17) is 5.73 Å². The van der Waals surface area contributed by atoms with Crippen LogP contribution < -0.4 is 11.1 Å². The average Bonchev–Trinajstić information content (AvgIpc) is 3.27. The van der Waals surface area contributed by atoms with Gasteiger partial charge in [0.1, 0.15) is 0 Å². The lowest BCUT2D eigenvalue weighted by Crippen LogP contribution is -2.47. The van der Waals surface area contributed by atoms with E-state index in [0.29, 0.717) is 18.0 Å². The Labute approximate surface area is 234 Å². The number of hydrogen-bond donors (Lipinski definition) is 2. The van der Waals surface area contributed by atoms with Crippen LogP contribution in [0.15, 0.2) is 54.7 Å². The van der Waals surface area contributed by atoms with E-state index in [-0.39, 0.29) is 30.8 Å². The Kier molecular flexibility index (Phi) is 10.7. The van der Waals surface area contributed by atoms with Gasteiger partial charge in [0.25, 0.3) is 0 Å². The third-order valence-corrected chi connectivity index (χ3v) is 8.23. The van der Waals surface area contributed by atoms with Crippen LogP contribution >= 0.6 is 24.8 Å². The molecule has 7 heteroatoms. The fraction of sp³-hybridized carbons (Fsp3) is 0.500. The quantitative estimate of drug-likeness (QED) is 0.337. The van der Waals surface area contributed by atoms with Crippen LogP contribution in [-0.4, -0.2) is 41.2 Å². The number of rotatable bonds is 7. The number of amides is 2. The van der Waals surface area contributed by atoms with Crippen molar-refractivity contribution in [3.63, 3.8) is 0 Å². The molecule has 2 aromatic carbocycles. The van der Waals surface area contributed by atoms with E-state index in [1.165, 1.54) is 59.7 Å². The number of primary amides is 1. The van der Waals surface area contributed by atoms with Crippen LogP contribution in [0, 0.1) is 6.92 Å². The number of aryl methyl sites for hydroxylation is 1. The molecule has 2 heterocycles. The largest absolute Gasteiger partial charge is 0.351 e. The first-order valence-corrected chi connectivity index (χ1v) is 13.5. The number of carbonyl (C=O) groups excluding carboxylic acids is 1. The highest BCUT2D eigenvalue weighted by Gasteiger charge is 2.25. The highest BCUT2D eigenvalue weighted by Crippen LogP contribution is 2.39. The van der Waals surface area contributed by atoms with Crippen molar-refractivity contribution in [1.82, 2.24) is 14.8 Å². The van der Waals surface area contributed by atoms with Crippen molar-refractivity contribution in [2.24, 2.45) is 5.73 Å². The minimum Gasteiger partial charge on any atom is -0.351 e. The number of urea groups is 1. The van der Waals surface area contributed by atoms with Crippen molar-refractivity contribution in [2.75, 3.05) is 19.6 Å². The molecule has 2 fully saturated rings. The van der Waals surface area contributed by atoms with Crippen molar-refractivity contribution in [3.8, 4) is 0 Å². The number of nitrogens with two attached hydrogens (primary N) is 1. The maximum atomic E-state index is 11.5. The molecule has 2 amide bonds. The number of halogens is 2. The summed E-state index contributed by atoms with van der Waals surface area (Å²) in [6.45, 7) is 4.66. The number of hydrogen-bond acceptors (Lipinski definition) is 2. The van der Waals surface area contributed by atoms with Gasteiger partial charge in [-0.2, -0.15) is 0 Å². The molecule has 1 aliphatic carbocycles. The van der Waals surface area contributed by atoms with E-state index in [0.717, 1.165) is 38.9 Å². The summed E-state index contributed by atoms with van der Waals surface area (Å²) in [6.07, 6.45) is 12.1. The first-order chi connectivity index (χ1) is 17.1. The van der Waals surface area contributed by atoms with Gasteiger partial charge in [0.2, 0.25) is 0 Å². The number of carbonyl (C=O) groups is 1. The van der Waals surface area contributed by atoms with Gasteiger partial charge in [-0.15, -0.1) is 24.8 Å². The second kappa shape index (κ2) is 13.5. The molecule has 5 nitrogen and oxygen atoms in total. The van der Waals surface area contributed by atoms with Gasteiger partial charge in [0.05, 0.1) is 0 Å². The topological polar surface area (TPSA) is 63.3 Å². The summed E-state index contributed by atoms with van der Waals surface area (Å²) in [6, 6.07) is 18.8. The number of nitrogens with zero attached hydrogens (tertiary/aromatic N) is 2. The summed E-state index contributed by atoms with van der Waals surface area (Å²) in [5.74, 6) is 0.350. The molecular weight excluding hydrogens is 503 g/mol. The number of para-hydroxylation sites is 1. The molecule has 1 atom stereocenters. The maximum absolute atomic E-state index is 11.5. The van der Waals surface area contributed by atoms with E-state index >= 15 is 0 Å². The highest BCUT2D eigenvalue weighted by molar-refractivity contribution is 5.86. The predicted molar refractivity (Wildman–Crippen MR) is 158 cm³/mol. The van der Waals surface area contributed by atoms with Crippen LogP contribution in [0.2, 0.25) is 0 Å². The fourth-order valence-electron chi connectivity index (χ4n) is 6.30. The van der Waals surface area contributed by atoms with E-state index < -0.39 is 0 Å². The summed E-state index contributed by atoms with van der Waals surface area (Å²) in [7, 11) is 0. The van der Waals surface area contributed by atoms with E-state index in [2.05, 4.69) is 71.5 Å². The van der Waals surface area contributed by atoms with Crippen molar-refractivity contribution in [1.29, 1.82) is 0 Å². The minimum absolute atomic E-state index is 0. The molecule has 0 spiro atoms. The first kappa shape index (κ1) is 29.3. The van der Waals surface area contributed by atoms with Crippen molar-refractivity contribution in [2.45, 2.75) is 76.3 Å². The molecule has 1 aromatic heterocycles. The monoisotopic (exact) mass is 544 g/mol. The summed E-state index contributed by atoms with van der Waals surface area (Å²) < 4.78 is 2.60. The fourth-order valence-corrected chi connectivity index (χ4v) is 6.30. The van der Waals surface area contributed by atoms with Gasteiger partial charge in [-0.25, -0.2) is 4.79 Å². The number of piperidine rings is 1. The summed E-state index contributed by atoms with van der Waals surface area (Å²) in [4.78, 5) is 13.2. The highest BCUT2D eigenvalue weighted by atomic mass is 35.5. The summed E-state index contributed by atoms with van der Waals surface area (Å²) in [5, 5.41) is 5.20. The normalized spacial score (nSPS) is 17.7. The molecule has 1 saturated heterocycles. The molecule has 2 aliphatic rings. The lowest BCUT2D eigenvalue weighted by Gasteiger charge is -2.31. The first-order valence-electron chi connectivity index (χ1n) is 13.5. The maximum Gasteiger partial charge on any atom is 0.314 e. The lowest BCUT2D eigenvalue weighted by molar-refractivity contribution is 0.185. The standard InChI is InChI=1S/C30H40N4O.2ClH/c1-22-8-7-9-23(20-22)26(14-17-32-24-15-18-33(19-16-24)30(31)35)28-21-34(25-10-3-2-4-11-25)29-13-6-5-12-27(28)29;;/h5-9,12-13,20-21,24-26,32H,2-4,10-11,14-19H2,1H3,(H2,31,35);2*1H. The molecule has 0 radical (unpaired) electrons. The molecule has 0 bridgehead atoms. The van der Waals surface area contributed by atoms with Crippen molar-refractivity contribution >= 4 is 41.7 Å². The van der Waals surface area contributed by atoms with Gasteiger partial charge in [0, 0.05) is 48.2 Å². The summed E-state index contributed by atoms with van der Waals surface area (Å²) in [5.41, 5.74) is 11.0. The second-order valence-electron chi connectivity index (χ2n) is 10.6. The van der Waals surface area contributed by atoms with Gasteiger partial charge in [-0.3, -0.25) is 0 Å². The van der Waals surface area contributed by atoms with Crippen molar-refractivity contribution < 1.29 is 4.79 Å². The lowest BCUT2D eigenvalue weighted by atomic mass is 9.87. The smallest absolute Gasteiger partial charge is 0.314 e. The average molecular weight is 546 g/mol. The molecular formula is C30H42Cl2N4O. The van der Waals surface area contributed by atoms with Crippen LogP contribution in [0.1, 0.15) is 80.0 Å². The zero-order valence-corrected chi connectivity index (χ0v) is 23.5. The Balaban J connectivity index is 0.00000190. The molecule has 5 rings (SSSR count). The number of nitrogens with one attached hydrogen (secondary N) is 1. The number of benzene rings is 2. The van der Waals surface area contributed by atoms with Crippen LogP contribution in [-0.2, 0) is 0 Å². The Morgan fingerprint density at radius 1 is 1.00 bits per heavy atom. The third-order valence-electron chi connectivity index (χ3n) is 8.23. The SMILES string of the molecule is Cc1cccc(C(CCNC2CCN(C(N)=O)CC2)c2cn(C3CCCCC3)c3ccccc23)c1.Cl.Cl. The molecule has 202 valence electrons. The van der Waals surface area contributed by atoms with Gasteiger partial charge < -0.3 is 20.5 Å². The van der Waals surface area contributed by atoms with Gasteiger partial charge in [-0.05, 0) is 62.8 Å². The molecule has 1 aliphatic heterocycles.